The predicted molar refractivity (Wildman–Crippen MR) is 78.4 cm³/mol. The maximum atomic E-state index is 12.1. The number of anilines is 1. The first-order chi connectivity index (χ1) is 9.44. The number of carbonyl (C=O) groups is 2. The quantitative estimate of drug-likeness (QED) is 0.589. The Kier molecular flexibility index (Phi) is 5.88. The fraction of sp³-hybridized carbons (Fsp3) is 0.538. The Labute approximate surface area is 123 Å². The Morgan fingerprint density at radius 3 is 2.40 bits per heavy atom. The number of hydrogen-bond acceptors (Lipinski definition) is 5. The smallest absolute Gasteiger partial charge is 0.242 e. The SMILES string of the molecule is CCN(CC)C(=O)CN(C)c1nc(C)nc(Cl)c1C=O. The summed E-state index contributed by atoms with van der Waals surface area (Å²) in [6.07, 6.45) is 0.607. The van der Waals surface area contributed by atoms with Crippen LogP contribution >= 0.6 is 11.6 Å². The van der Waals surface area contributed by atoms with Gasteiger partial charge in [-0.2, -0.15) is 0 Å². The van der Waals surface area contributed by atoms with Gasteiger partial charge in [0.05, 0.1) is 12.1 Å². The summed E-state index contributed by atoms with van der Waals surface area (Å²) in [4.78, 5) is 34.7. The molecule has 0 aliphatic carbocycles. The molecule has 0 spiro atoms. The van der Waals surface area contributed by atoms with Gasteiger partial charge in [0.15, 0.2) is 6.29 Å². The fourth-order valence-corrected chi connectivity index (χ4v) is 2.13. The molecule has 0 bridgehead atoms. The van der Waals surface area contributed by atoms with E-state index in [1.54, 1.807) is 23.8 Å². The lowest BCUT2D eigenvalue weighted by Gasteiger charge is -2.24. The minimum absolute atomic E-state index is 0.0262. The van der Waals surface area contributed by atoms with Crippen molar-refractivity contribution in [1.82, 2.24) is 14.9 Å². The monoisotopic (exact) mass is 298 g/mol. The van der Waals surface area contributed by atoms with Crippen LogP contribution in [0.25, 0.3) is 0 Å². The number of likely N-dealkylation sites (N-methyl/N-ethyl adjacent to an activating group) is 2. The van der Waals surface area contributed by atoms with E-state index in [2.05, 4.69) is 9.97 Å². The van der Waals surface area contributed by atoms with Crippen molar-refractivity contribution < 1.29 is 9.59 Å². The van der Waals surface area contributed by atoms with Gasteiger partial charge in [-0.1, -0.05) is 11.6 Å². The normalized spacial score (nSPS) is 10.2. The zero-order chi connectivity index (χ0) is 15.3. The van der Waals surface area contributed by atoms with E-state index in [1.165, 1.54) is 0 Å². The van der Waals surface area contributed by atoms with Crippen molar-refractivity contribution in [3.05, 3.63) is 16.5 Å². The average Bonchev–Trinajstić information content (AvgIpc) is 2.39. The van der Waals surface area contributed by atoms with Gasteiger partial charge in [0.2, 0.25) is 5.91 Å². The van der Waals surface area contributed by atoms with E-state index in [4.69, 9.17) is 11.6 Å². The number of carbonyl (C=O) groups excluding carboxylic acids is 2. The third kappa shape index (κ3) is 3.66. The third-order valence-corrected chi connectivity index (χ3v) is 3.25. The molecule has 0 aromatic carbocycles. The molecule has 1 aromatic rings. The van der Waals surface area contributed by atoms with Crippen LogP contribution in [0.2, 0.25) is 5.15 Å². The molecule has 20 heavy (non-hydrogen) atoms. The number of rotatable bonds is 6. The molecule has 0 unspecified atom stereocenters. The Bertz CT molecular complexity index is 503. The van der Waals surface area contributed by atoms with Crippen LogP contribution < -0.4 is 4.90 Å². The summed E-state index contributed by atoms with van der Waals surface area (Å²) < 4.78 is 0. The van der Waals surface area contributed by atoms with E-state index in [9.17, 15) is 9.59 Å². The van der Waals surface area contributed by atoms with Crippen LogP contribution in [0, 0.1) is 6.92 Å². The predicted octanol–water partition coefficient (Wildman–Crippen LogP) is 1.56. The number of aldehydes is 1. The summed E-state index contributed by atoms with van der Waals surface area (Å²) in [7, 11) is 1.70. The Balaban J connectivity index is 3.00. The molecule has 0 N–H and O–H groups in total. The van der Waals surface area contributed by atoms with Crippen molar-refractivity contribution in [2.24, 2.45) is 0 Å². The molecule has 0 radical (unpaired) electrons. The molecule has 1 heterocycles. The highest BCUT2D eigenvalue weighted by atomic mass is 35.5. The molecular formula is C13H19ClN4O2. The van der Waals surface area contributed by atoms with E-state index in [0.29, 0.717) is 31.0 Å². The number of halogens is 1. The summed E-state index contributed by atoms with van der Waals surface area (Å²) >= 11 is 5.93. The second-order valence-electron chi connectivity index (χ2n) is 4.34. The van der Waals surface area contributed by atoms with Gasteiger partial charge in [0, 0.05) is 20.1 Å². The van der Waals surface area contributed by atoms with Crippen LogP contribution in [-0.4, -0.2) is 53.7 Å². The molecule has 0 saturated carbocycles. The van der Waals surface area contributed by atoms with Gasteiger partial charge >= 0.3 is 0 Å². The van der Waals surface area contributed by atoms with E-state index in [0.717, 1.165) is 0 Å². The van der Waals surface area contributed by atoms with Crippen LogP contribution in [0.5, 0.6) is 0 Å². The van der Waals surface area contributed by atoms with Crippen LogP contribution in [0.4, 0.5) is 5.82 Å². The molecule has 0 aliphatic heterocycles. The highest BCUT2D eigenvalue weighted by Gasteiger charge is 2.18. The zero-order valence-electron chi connectivity index (χ0n) is 12.2. The molecule has 0 aliphatic rings. The molecule has 110 valence electrons. The molecule has 0 fully saturated rings. The van der Waals surface area contributed by atoms with Crippen molar-refractivity contribution in [2.45, 2.75) is 20.8 Å². The summed E-state index contributed by atoms with van der Waals surface area (Å²) in [5.74, 6) is 0.803. The molecule has 1 amide bonds. The number of hydrogen-bond donors (Lipinski definition) is 0. The molecule has 0 saturated heterocycles. The van der Waals surface area contributed by atoms with E-state index >= 15 is 0 Å². The molecule has 0 atom stereocenters. The third-order valence-electron chi connectivity index (χ3n) is 2.96. The summed E-state index contributed by atoms with van der Waals surface area (Å²) in [5, 5.41) is 0.102. The van der Waals surface area contributed by atoms with Crippen LogP contribution in [0.15, 0.2) is 0 Å². The van der Waals surface area contributed by atoms with E-state index < -0.39 is 0 Å². The summed E-state index contributed by atoms with van der Waals surface area (Å²) in [6, 6.07) is 0. The number of amides is 1. The standard InChI is InChI=1S/C13H19ClN4O2/c1-5-18(6-2)11(20)7-17(4)13-10(8-19)12(14)15-9(3)16-13/h8H,5-7H2,1-4H3. The van der Waals surface area contributed by atoms with Gasteiger partial charge in [0.25, 0.3) is 0 Å². The van der Waals surface area contributed by atoms with E-state index in [1.807, 2.05) is 13.8 Å². The second-order valence-corrected chi connectivity index (χ2v) is 4.70. The first-order valence-corrected chi connectivity index (χ1v) is 6.80. The number of aryl methyl sites for hydroxylation is 1. The van der Waals surface area contributed by atoms with Gasteiger partial charge < -0.3 is 9.80 Å². The average molecular weight is 299 g/mol. The zero-order valence-corrected chi connectivity index (χ0v) is 12.9. The van der Waals surface area contributed by atoms with Gasteiger partial charge in [-0.05, 0) is 20.8 Å². The first-order valence-electron chi connectivity index (χ1n) is 6.42. The van der Waals surface area contributed by atoms with Crippen LogP contribution in [0.1, 0.15) is 30.0 Å². The number of aromatic nitrogens is 2. The highest BCUT2D eigenvalue weighted by Crippen LogP contribution is 2.21. The lowest BCUT2D eigenvalue weighted by molar-refractivity contribution is -0.129. The fourth-order valence-electron chi connectivity index (χ4n) is 1.88. The molecule has 1 rings (SSSR count). The molecule has 7 heteroatoms. The van der Waals surface area contributed by atoms with Crippen molar-refractivity contribution in [3.63, 3.8) is 0 Å². The van der Waals surface area contributed by atoms with Crippen molar-refractivity contribution in [3.8, 4) is 0 Å². The topological polar surface area (TPSA) is 66.4 Å². The largest absolute Gasteiger partial charge is 0.350 e. The lowest BCUT2D eigenvalue weighted by Crippen LogP contribution is -2.39. The van der Waals surface area contributed by atoms with Crippen molar-refractivity contribution >= 4 is 29.6 Å². The van der Waals surface area contributed by atoms with Gasteiger partial charge in [0.1, 0.15) is 16.8 Å². The van der Waals surface area contributed by atoms with E-state index in [-0.39, 0.29) is 23.2 Å². The number of nitrogens with zero attached hydrogens (tertiary/aromatic N) is 4. The van der Waals surface area contributed by atoms with Crippen molar-refractivity contribution in [2.75, 3.05) is 31.6 Å². The Morgan fingerprint density at radius 2 is 1.90 bits per heavy atom. The lowest BCUT2D eigenvalue weighted by atomic mass is 10.3. The minimum atomic E-state index is -0.0262. The van der Waals surface area contributed by atoms with Gasteiger partial charge in [-0.25, -0.2) is 9.97 Å². The summed E-state index contributed by atoms with van der Waals surface area (Å²) in [5.41, 5.74) is 0.201. The molecule has 1 aromatic heterocycles. The van der Waals surface area contributed by atoms with Gasteiger partial charge in [-0.15, -0.1) is 0 Å². The molecule has 6 nitrogen and oxygen atoms in total. The Hall–Kier alpha value is -1.69. The molecular weight excluding hydrogens is 280 g/mol. The maximum Gasteiger partial charge on any atom is 0.242 e. The second kappa shape index (κ2) is 7.19. The highest BCUT2D eigenvalue weighted by molar-refractivity contribution is 6.32. The van der Waals surface area contributed by atoms with Crippen molar-refractivity contribution in [1.29, 1.82) is 0 Å². The van der Waals surface area contributed by atoms with Crippen LogP contribution in [0.3, 0.4) is 0 Å². The van der Waals surface area contributed by atoms with Gasteiger partial charge in [-0.3, -0.25) is 9.59 Å². The summed E-state index contributed by atoms with van der Waals surface area (Å²) in [6.45, 7) is 6.95. The Morgan fingerprint density at radius 1 is 1.30 bits per heavy atom. The maximum absolute atomic E-state index is 12.1. The minimum Gasteiger partial charge on any atom is -0.350 e. The van der Waals surface area contributed by atoms with Crippen LogP contribution in [-0.2, 0) is 4.79 Å². The first kappa shape index (κ1) is 16.4.